The van der Waals surface area contributed by atoms with Crippen molar-refractivity contribution in [2.24, 2.45) is 5.92 Å². The average molecular weight is 258 g/mol. The van der Waals surface area contributed by atoms with Crippen LogP contribution in [0.3, 0.4) is 0 Å². The van der Waals surface area contributed by atoms with Crippen molar-refractivity contribution >= 4 is 0 Å². The van der Waals surface area contributed by atoms with Crippen LogP contribution in [0.25, 0.3) is 0 Å². The van der Waals surface area contributed by atoms with Gasteiger partial charge in [-0.2, -0.15) is 5.26 Å². The van der Waals surface area contributed by atoms with Crippen LogP contribution in [0.2, 0.25) is 0 Å². The lowest BCUT2D eigenvalue weighted by Gasteiger charge is -2.20. The number of hydrogen-bond donors (Lipinski definition) is 1. The predicted octanol–water partition coefficient (Wildman–Crippen LogP) is 1.77. The number of nitriles is 1. The third-order valence-electron chi connectivity index (χ3n) is 3.53. The van der Waals surface area contributed by atoms with Crippen LogP contribution >= 0.6 is 0 Å². The lowest BCUT2D eigenvalue weighted by atomic mass is 10.1. The van der Waals surface area contributed by atoms with Gasteiger partial charge in [-0.15, -0.1) is 0 Å². The molecule has 1 aromatic rings. The van der Waals surface area contributed by atoms with Gasteiger partial charge in [0.1, 0.15) is 11.8 Å². The second kappa shape index (κ2) is 7.22. The van der Waals surface area contributed by atoms with E-state index in [1.807, 2.05) is 12.1 Å². The zero-order chi connectivity index (χ0) is 13.5. The fourth-order valence-electron chi connectivity index (χ4n) is 2.58. The van der Waals surface area contributed by atoms with Crippen molar-refractivity contribution < 1.29 is 0 Å². The highest BCUT2D eigenvalue weighted by Crippen LogP contribution is 2.10. The van der Waals surface area contributed by atoms with Gasteiger partial charge in [0.2, 0.25) is 0 Å². The van der Waals surface area contributed by atoms with E-state index in [0.29, 0.717) is 11.6 Å². The van der Waals surface area contributed by atoms with Crippen molar-refractivity contribution in [3.05, 3.63) is 29.6 Å². The number of hydrogen-bond acceptors (Lipinski definition) is 4. The number of aromatic nitrogens is 1. The summed E-state index contributed by atoms with van der Waals surface area (Å²) < 4.78 is 0. The maximum absolute atomic E-state index is 8.80. The molecule has 19 heavy (non-hydrogen) atoms. The second-order valence-electron chi connectivity index (χ2n) is 5.40. The van der Waals surface area contributed by atoms with Gasteiger partial charge in [-0.25, -0.2) is 4.98 Å². The summed E-state index contributed by atoms with van der Waals surface area (Å²) in [5.41, 5.74) is 1.62. The van der Waals surface area contributed by atoms with Gasteiger partial charge in [0.25, 0.3) is 0 Å². The predicted molar refractivity (Wildman–Crippen MR) is 75.5 cm³/mol. The van der Waals surface area contributed by atoms with Crippen molar-refractivity contribution in [2.75, 3.05) is 26.2 Å². The molecule has 4 heteroatoms. The van der Waals surface area contributed by atoms with E-state index in [1.54, 1.807) is 6.20 Å². The van der Waals surface area contributed by atoms with E-state index in [0.717, 1.165) is 18.7 Å². The molecule has 1 saturated heterocycles. The molecule has 0 aliphatic carbocycles. The maximum atomic E-state index is 8.80. The molecule has 0 radical (unpaired) electrons. The smallest absolute Gasteiger partial charge is 0.140 e. The summed E-state index contributed by atoms with van der Waals surface area (Å²) in [6.45, 7) is 7.83. The first-order valence-electron chi connectivity index (χ1n) is 7.06. The second-order valence-corrected chi connectivity index (χ2v) is 5.40. The van der Waals surface area contributed by atoms with Crippen LogP contribution in [0.1, 0.15) is 31.0 Å². The van der Waals surface area contributed by atoms with E-state index in [4.69, 9.17) is 5.26 Å². The summed E-state index contributed by atoms with van der Waals surface area (Å²) in [7, 11) is 0. The summed E-state index contributed by atoms with van der Waals surface area (Å²) in [5, 5.41) is 12.3. The molecule has 0 spiro atoms. The molecule has 1 fully saturated rings. The molecule has 1 N–H and O–H groups in total. The number of rotatable bonds is 6. The summed E-state index contributed by atoms with van der Waals surface area (Å²) in [6.07, 6.45) is 4.41. The van der Waals surface area contributed by atoms with Gasteiger partial charge < -0.3 is 10.2 Å². The van der Waals surface area contributed by atoms with Crippen LogP contribution in [0.5, 0.6) is 0 Å². The van der Waals surface area contributed by atoms with Crippen molar-refractivity contribution in [3.8, 4) is 6.07 Å². The largest absolute Gasteiger partial charge is 0.312 e. The zero-order valence-electron chi connectivity index (χ0n) is 11.6. The zero-order valence-corrected chi connectivity index (χ0v) is 11.6. The molecule has 4 nitrogen and oxygen atoms in total. The quantitative estimate of drug-likeness (QED) is 0.845. The van der Waals surface area contributed by atoms with Crippen LogP contribution in [0.4, 0.5) is 0 Å². The van der Waals surface area contributed by atoms with Crippen LogP contribution in [0, 0.1) is 17.2 Å². The molecule has 1 aromatic heterocycles. The van der Waals surface area contributed by atoms with Gasteiger partial charge in [0.15, 0.2) is 0 Å². The minimum atomic E-state index is 0.490. The van der Waals surface area contributed by atoms with Crippen LogP contribution in [-0.2, 0) is 6.54 Å². The molecule has 2 heterocycles. The summed E-state index contributed by atoms with van der Waals surface area (Å²) in [5.74, 6) is 0.662. The Balaban J connectivity index is 1.69. The Labute approximate surface area is 115 Å². The third kappa shape index (κ3) is 4.62. The Bertz CT molecular complexity index is 432. The number of nitrogens with zero attached hydrogens (tertiary/aromatic N) is 3. The molecule has 1 unspecified atom stereocenters. The third-order valence-corrected chi connectivity index (χ3v) is 3.53. The molecule has 1 atom stereocenters. The first-order valence-corrected chi connectivity index (χ1v) is 7.06. The highest BCUT2D eigenvalue weighted by Gasteiger charge is 2.14. The normalized spacial score (nSPS) is 17.3. The van der Waals surface area contributed by atoms with Gasteiger partial charge in [-0.3, -0.25) is 0 Å². The monoisotopic (exact) mass is 258 g/mol. The van der Waals surface area contributed by atoms with Gasteiger partial charge in [0.05, 0.1) is 0 Å². The van der Waals surface area contributed by atoms with Crippen LogP contribution < -0.4 is 5.32 Å². The average Bonchev–Trinajstić information content (AvgIpc) is 2.92. The fraction of sp³-hybridized carbons (Fsp3) is 0.600. The van der Waals surface area contributed by atoms with E-state index in [2.05, 4.69) is 28.2 Å². The van der Waals surface area contributed by atoms with Crippen molar-refractivity contribution in [1.82, 2.24) is 15.2 Å². The van der Waals surface area contributed by atoms with E-state index < -0.39 is 0 Å². The number of pyridine rings is 1. The lowest BCUT2D eigenvalue weighted by Crippen LogP contribution is -2.31. The Morgan fingerprint density at radius 1 is 1.47 bits per heavy atom. The lowest BCUT2D eigenvalue weighted by molar-refractivity contribution is 0.282. The minimum Gasteiger partial charge on any atom is -0.312 e. The summed E-state index contributed by atoms with van der Waals surface area (Å²) in [4.78, 5) is 6.52. The Morgan fingerprint density at radius 3 is 3.00 bits per heavy atom. The molecule has 0 bridgehead atoms. The molecular formula is C15H22N4. The highest BCUT2D eigenvalue weighted by atomic mass is 15.1. The van der Waals surface area contributed by atoms with Crippen LogP contribution in [0.15, 0.2) is 18.3 Å². The van der Waals surface area contributed by atoms with Gasteiger partial charge >= 0.3 is 0 Å². The first kappa shape index (κ1) is 14.0. The molecule has 102 valence electrons. The first-order chi connectivity index (χ1) is 9.28. The van der Waals surface area contributed by atoms with Gasteiger partial charge in [-0.05, 0) is 56.1 Å². The van der Waals surface area contributed by atoms with E-state index in [1.165, 1.54) is 32.5 Å². The molecule has 1 aliphatic rings. The molecule has 0 amide bonds. The maximum Gasteiger partial charge on any atom is 0.140 e. The van der Waals surface area contributed by atoms with Gasteiger partial charge in [0, 0.05) is 19.3 Å². The Kier molecular flexibility index (Phi) is 5.31. The molecule has 0 saturated carbocycles. The van der Waals surface area contributed by atoms with Crippen molar-refractivity contribution in [3.63, 3.8) is 0 Å². The number of nitrogens with one attached hydrogen (secondary N) is 1. The van der Waals surface area contributed by atoms with Crippen molar-refractivity contribution in [2.45, 2.75) is 26.3 Å². The summed E-state index contributed by atoms with van der Waals surface area (Å²) in [6, 6.07) is 5.87. The molecular weight excluding hydrogens is 236 g/mol. The van der Waals surface area contributed by atoms with Crippen molar-refractivity contribution in [1.29, 1.82) is 5.26 Å². The Morgan fingerprint density at radius 2 is 2.26 bits per heavy atom. The van der Waals surface area contributed by atoms with E-state index in [-0.39, 0.29) is 0 Å². The molecule has 2 rings (SSSR count). The van der Waals surface area contributed by atoms with E-state index in [9.17, 15) is 0 Å². The van der Waals surface area contributed by atoms with Gasteiger partial charge in [-0.1, -0.05) is 6.92 Å². The molecule has 1 aliphatic heterocycles. The molecule has 0 aromatic carbocycles. The summed E-state index contributed by atoms with van der Waals surface area (Å²) >= 11 is 0. The topological polar surface area (TPSA) is 52.0 Å². The fourth-order valence-corrected chi connectivity index (χ4v) is 2.58. The highest BCUT2D eigenvalue weighted by molar-refractivity contribution is 5.25. The Hall–Kier alpha value is -1.44. The minimum absolute atomic E-state index is 0.490. The SMILES string of the molecule is CC(CNCc1ccnc(C#N)c1)CN1CCCC1. The standard InChI is InChI=1S/C15H22N4/c1-13(12-19-6-2-3-7-19)10-17-11-14-4-5-18-15(8-14)9-16/h4-5,8,13,17H,2-3,6-7,10-12H2,1H3. The van der Waals surface area contributed by atoms with Crippen LogP contribution in [-0.4, -0.2) is 36.1 Å². The number of likely N-dealkylation sites (tertiary alicyclic amines) is 1. The van der Waals surface area contributed by atoms with E-state index >= 15 is 0 Å².